The van der Waals surface area contributed by atoms with E-state index in [1.807, 2.05) is 72.7 Å². The third-order valence-electron chi connectivity index (χ3n) is 6.38. The molecule has 1 atom stereocenters. The Labute approximate surface area is 225 Å². The molecular formula is C30H27FN4O2S. The largest absolute Gasteiger partial charge is 0.352 e. The lowest BCUT2D eigenvalue weighted by atomic mass is 9.92. The summed E-state index contributed by atoms with van der Waals surface area (Å²) in [5, 5.41) is 8.57. The van der Waals surface area contributed by atoms with E-state index in [0.717, 1.165) is 27.6 Å². The summed E-state index contributed by atoms with van der Waals surface area (Å²) in [5.74, 6) is -0.727. The maximum absolute atomic E-state index is 13.7. The van der Waals surface area contributed by atoms with Gasteiger partial charge in [0.15, 0.2) is 5.17 Å². The fourth-order valence-electron chi connectivity index (χ4n) is 4.57. The van der Waals surface area contributed by atoms with E-state index in [1.165, 1.54) is 23.9 Å². The monoisotopic (exact) mass is 526 g/mol. The van der Waals surface area contributed by atoms with Crippen LogP contribution in [-0.4, -0.2) is 21.9 Å². The summed E-state index contributed by atoms with van der Waals surface area (Å²) >= 11 is 1.44. The minimum absolute atomic E-state index is 0.113. The predicted molar refractivity (Wildman–Crippen MR) is 150 cm³/mol. The van der Waals surface area contributed by atoms with Crippen molar-refractivity contribution in [3.05, 3.63) is 124 Å². The predicted octanol–water partition coefficient (Wildman–Crippen LogP) is 6.05. The Hall–Kier alpha value is -4.17. The molecule has 2 aliphatic heterocycles. The molecule has 6 nitrogen and oxygen atoms in total. The fraction of sp³-hybridized carbons (Fsp3) is 0.167. The maximum Gasteiger partial charge on any atom is 0.255 e. The van der Waals surface area contributed by atoms with E-state index in [1.54, 1.807) is 12.1 Å². The van der Waals surface area contributed by atoms with E-state index in [2.05, 4.69) is 16.7 Å². The first kappa shape index (κ1) is 25.5. The normalized spacial score (nSPS) is 16.5. The van der Waals surface area contributed by atoms with Crippen molar-refractivity contribution in [2.24, 2.45) is 4.99 Å². The number of anilines is 1. The van der Waals surface area contributed by atoms with Crippen molar-refractivity contribution in [3.8, 4) is 0 Å². The van der Waals surface area contributed by atoms with Gasteiger partial charge in [0, 0.05) is 17.9 Å². The number of fused-ring (bicyclic) bond motifs is 1. The van der Waals surface area contributed by atoms with Crippen LogP contribution in [0.5, 0.6) is 0 Å². The number of benzene rings is 3. The van der Waals surface area contributed by atoms with E-state index in [4.69, 9.17) is 4.99 Å². The van der Waals surface area contributed by atoms with Crippen LogP contribution < -0.4 is 10.6 Å². The van der Waals surface area contributed by atoms with Crippen LogP contribution in [0.25, 0.3) is 0 Å². The molecule has 1 unspecified atom stereocenters. The van der Waals surface area contributed by atoms with Crippen LogP contribution >= 0.6 is 11.8 Å². The second kappa shape index (κ2) is 11.1. The highest BCUT2D eigenvalue weighted by Gasteiger charge is 2.40. The molecular weight excluding hydrogens is 499 g/mol. The Morgan fingerprint density at radius 3 is 2.50 bits per heavy atom. The highest BCUT2D eigenvalue weighted by molar-refractivity contribution is 8.16. The van der Waals surface area contributed by atoms with E-state index in [0.29, 0.717) is 23.5 Å². The lowest BCUT2D eigenvalue weighted by molar-refractivity contribution is -0.120. The molecule has 0 aliphatic carbocycles. The first-order valence-electron chi connectivity index (χ1n) is 12.3. The Balaban J connectivity index is 1.42. The van der Waals surface area contributed by atoms with Crippen LogP contribution in [0.3, 0.4) is 0 Å². The van der Waals surface area contributed by atoms with Crippen molar-refractivity contribution >= 4 is 34.4 Å². The number of allylic oxidation sites excluding steroid dienone is 1. The molecule has 0 saturated carbocycles. The number of amidine groups is 1. The molecule has 192 valence electrons. The number of nitrogens with zero attached hydrogens (tertiary/aromatic N) is 2. The maximum atomic E-state index is 13.7. The van der Waals surface area contributed by atoms with Crippen molar-refractivity contribution in [1.82, 2.24) is 10.2 Å². The van der Waals surface area contributed by atoms with Crippen LogP contribution in [0.2, 0.25) is 0 Å². The van der Waals surface area contributed by atoms with E-state index < -0.39 is 6.04 Å². The van der Waals surface area contributed by atoms with Crippen LogP contribution in [-0.2, 0) is 16.1 Å². The first-order chi connectivity index (χ1) is 18.4. The number of nitrogens with one attached hydrogen (secondary N) is 2. The van der Waals surface area contributed by atoms with Gasteiger partial charge in [0.25, 0.3) is 5.91 Å². The SMILES string of the molecule is CC1=C(C(=O)Nc2ccccc2)C(c2cccc(C)c2)N2C(CC(=O)NCc3ccc(F)cc3)=CSC2=N1. The van der Waals surface area contributed by atoms with E-state index in [-0.39, 0.29) is 24.1 Å². The summed E-state index contributed by atoms with van der Waals surface area (Å²) in [6, 6.07) is 23.0. The molecule has 0 saturated heterocycles. The standard InChI is InChI=1S/C30H27FN4O2S/c1-19-7-6-8-22(15-19)28-27(29(37)34-24-9-4-3-5-10-24)20(2)33-30-35(28)25(18-38-30)16-26(36)32-17-21-11-13-23(31)14-12-21/h3-15,18,28H,16-17H2,1-2H3,(H,32,36)(H,34,37). The highest BCUT2D eigenvalue weighted by Crippen LogP contribution is 2.44. The molecule has 2 amide bonds. The van der Waals surface area contributed by atoms with Crippen LogP contribution in [0.1, 0.15) is 36.1 Å². The number of amides is 2. The number of thioether (sulfide) groups is 1. The lowest BCUT2D eigenvalue weighted by Gasteiger charge is -2.36. The molecule has 38 heavy (non-hydrogen) atoms. The van der Waals surface area contributed by atoms with E-state index >= 15 is 0 Å². The number of halogens is 1. The number of hydrogen-bond donors (Lipinski definition) is 2. The van der Waals surface area contributed by atoms with Crippen molar-refractivity contribution in [3.63, 3.8) is 0 Å². The summed E-state index contributed by atoms with van der Waals surface area (Å²) in [4.78, 5) is 33.3. The topological polar surface area (TPSA) is 73.8 Å². The van der Waals surface area contributed by atoms with Gasteiger partial charge in [-0.1, -0.05) is 71.9 Å². The molecule has 0 fully saturated rings. The Kier molecular flexibility index (Phi) is 7.42. The highest BCUT2D eigenvalue weighted by atomic mass is 32.2. The van der Waals surface area contributed by atoms with Crippen LogP contribution in [0.15, 0.2) is 106 Å². The molecule has 0 spiro atoms. The number of aryl methyl sites for hydroxylation is 1. The van der Waals surface area contributed by atoms with Crippen LogP contribution in [0.4, 0.5) is 10.1 Å². The van der Waals surface area contributed by atoms with Gasteiger partial charge in [0.1, 0.15) is 5.82 Å². The third kappa shape index (κ3) is 5.55. The van der Waals surface area contributed by atoms with Gasteiger partial charge >= 0.3 is 0 Å². The van der Waals surface area contributed by atoms with E-state index in [9.17, 15) is 14.0 Å². The molecule has 5 rings (SSSR count). The summed E-state index contributed by atoms with van der Waals surface area (Å²) in [5.41, 5.74) is 5.45. The molecule has 0 radical (unpaired) electrons. The summed E-state index contributed by atoms with van der Waals surface area (Å²) in [6.07, 6.45) is 0.113. The average molecular weight is 527 g/mol. The second-order valence-corrected chi connectivity index (χ2v) is 10.0. The number of para-hydroxylation sites is 1. The molecule has 0 aromatic heterocycles. The smallest absolute Gasteiger partial charge is 0.255 e. The van der Waals surface area contributed by atoms with Gasteiger partial charge in [-0.15, -0.1) is 0 Å². The van der Waals surface area contributed by atoms with Gasteiger partial charge in [-0.3, -0.25) is 9.59 Å². The van der Waals surface area contributed by atoms with Crippen LogP contribution in [0, 0.1) is 12.7 Å². The summed E-state index contributed by atoms with van der Waals surface area (Å²) in [7, 11) is 0. The molecule has 3 aromatic rings. The second-order valence-electron chi connectivity index (χ2n) is 9.21. The fourth-order valence-corrected chi connectivity index (χ4v) is 5.53. The first-order valence-corrected chi connectivity index (χ1v) is 13.2. The zero-order valence-electron chi connectivity index (χ0n) is 21.1. The molecule has 2 N–H and O–H groups in total. The Bertz CT molecular complexity index is 1470. The Morgan fingerprint density at radius 2 is 1.76 bits per heavy atom. The van der Waals surface area contributed by atoms with Gasteiger partial charge < -0.3 is 15.5 Å². The number of hydrogen-bond acceptors (Lipinski definition) is 5. The van der Waals surface area contributed by atoms with Crippen molar-refractivity contribution < 1.29 is 14.0 Å². The van der Waals surface area contributed by atoms with Gasteiger partial charge in [-0.2, -0.15) is 0 Å². The number of rotatable bonds is 7. The summed E-state index contributed by atoms with van der Waals surface area (Å²) in [6.45, 7) is 4.16. The third-order valence-corrected chi connectivity index (χ3v) is 7.27. The van der Waals surface area contributed by atoms with Crippen molar-refractivity contribution in [2.45, 2.75) is 32.9 Å². The quantitative estimate of drug-likeness (QED) is 0.393. The zero-order valence-corrected chi connectivity index (χ0v) is 21.9. The molecule has 2 heterocycles. The van der Waals surface area contributed by atoms with Crippen molar-refractivity contribution in [1.29, 1.82) is 0 Å². The summed E-state index contributed by atoms with van der Waals surface area (Å²) < 4.78 is 13.2. The van der Waals surface area contributed by atoms with Crippen molar-refractivity contribution in [2.75, 3.05) is 5.32 Å². The molecule has 0 bridgehead atoms. The van der Waals surface area contributed by atoms with Gasteiger partial charge in [-0.25, -0.2) is 9.38 Å². The number of carbonyl (C=O) groups is 2. The number of carbonyl (C=O) groups excluding carboxylic acids is 2. The average Bonchev–Trinajstić information content (AvgIpc) is 3.29. The van der Waals surface area contributed by atoms with Gasteiger partial charge in [0.2, 0.25) is 5.91 Å². The molecule has 8 heteroatoms. The van der Waals surface area contributed by atoms with Gasteiger partial charge in [-0.05, 0) is 54.6 Å². The minimum atomic E-state index is -0.447. The minimum Gasteiger partial charge on any atom is -0.352 e. The lowest BCUT2D eigenvalue weighted by Crippen LogP contribution is -2.38. The molecule has 3 aromatic carbocycles. The molecule has 2 aliphatic rings. The zero-order chi connectivity index (χ0) is 26.6. The Morgan fingerprint density at radius 1 is 1.00 bits per heavy atom. The number of aliphatic imine (C=N–C) groups is 1. The van der Waals surface area contributed by atoms with Gasteiger partial charge in [0.05, 0.1) is 23.7 Å².